The Hall–Kier alpha value is -3.31. The standard InChI is InChI=1S/C30H35ClN2O3/c1-21-15-16-22(2)27(17-21)36-20-28(34)33(19-24-13-9-10-14-25(24)31)26(29(35)32-30(3,4)5)18-23-11-7-6-8-12-23/h6-17,26H,18-20H2,1-5H3,(H,32,35)/t26-/m0/s1. The summed E-state index contributed by atoms with van der Waals surface area (Å²) in [5, 5.41) is 3.60. The predicted molar refractivity (Wildman–Crippen MR) is 145 cm³/mol. The summed E-state index contributed by atoms with van der Waals surface area (Å²) < 4.78 is 5.95. The van der Waals surface area contributed by atoms with E-state index in [1.807, 2.05) is 101 Å². The minimum Gasteiger partial charge on any atom is -0.483 e. The van der Waals surface area contributed by atoms with Crippen LogP contribution in [0.25, 0.3) is 0 Å². The highest BCUT2D eigenvalue weighted by Crippen LogP contribution is 2.23. The van der Waals surface area contributed by atoms with Gasteiger partial charge in [0.2, 0.25) is 5.91 Å². The molecule has 36 heavy (non-hydrogen) atoms. The third-order valence-electron chi connectivity index (χ3n) is 5.76. The average Bonchev–Trinajstić information content (AvgIpc) is 2.82. The van der Waals surface area contributed by atoms with Gasteiger partial charge in [-0.25, -0.2) is 0 Å². The van der Waals surface area contributed by atoms with Crippen LogP contribution in [0.5, 0.6) is 5.75 Å². The molecule has 190 valence electrons. The normalized spacial score (nSPS) is 12.1. The fourth-order valence-electron chi connectivity index (χ4n) is 3.90. The van der Waals surface area contributed by atoms with Crippen LogP contribution in [0, 0.1) is 13.8 Å². The van der Waals surface area contributed by atoms with Gasteiger partial charge in [-0.15, -0.1) is 0 Å². The smallest absolute Gasteiger partial charge is 0.261 e. The lowest BCUT2D eigenvalue weighted by atomic mass is 10.0. The number of aryl methyl sites for hydroxylation is 2. The molecule has 3 aromatic carbocycles. The molecule has 0 aromatic heterocycles. The number of nitrogens with one attached hydrogen (secondary N) is 1. The van der Waals surface area contributed by atoms with Crippen molar-refractivity contribution in [2.75, 3.05) is 6.61 Å². The fraction of sp³-hybridized carbons (Fsp3) is 0.333. The predicted octanol–water partition coefficient (Wildman–Crippen LogP) is 5.89. The van der Waals surface area contributed by atoms with Gasteiger partial charge in [0.15, 0.2) is 6.61 Å². The second-order valence-corrected chi connectivity index (χ2v) is 10.5. The van der Waals surface area contributed by atoms with Gasteiger partial charge in [-0.1, -0.05) is 72.3 Å². The fourth-order valence-corrected chi connectivity index (χ4v) is 4.10. The van der Waals surface area contributed by atoms with Gasteiger partial charge in [-0.2, -0.15) is 0 Å². The van der Waals surface area contributed by atoms with E-state index >= 15 is 0 Å². The maximum absolute atomic E-state index is 13.7. The molecule has 0 saturated heterocycles. The van der Waals surface area contributed by atoms with Crippen molar-refractivity contribution in [2.24, 2.45) is 0 Å². The van der Waals surface area contributed by atoms with Crippen molar-refractivity contribution in [1.29, 1.82) is 0 Å². The number of carbonyl (C=O) groups is 2. The number of halogens is 1. The van der Waals surface area contributed by atoms with Gasteiger partial charge in [0, 0.05) is 23.5 Å². The quantitative estimate of drug-likeness (QED) is 0.393. The molecule has 0 aliphatic heterocycles. The number of amides is 2. The molecule has 0 aliphatic carbocycles. The Bertz CT molecular complexity index is 1190. The van der Waals surface area contributed by atoms with Crippen LogP contribution in [-0.2, 0) is 22.6 Å². The molecule has 0 unspecified atom stereocenters. The molecule has 0 bridgehead atoms. The van der Waals surface area contributed by atoms with Crippen molar-refractivity contribution in [3.8, 4) is 5.75 Å². The zero-order valence-electron chi connectivity index (χ0n) is 21.7. The Kier molecular flexibility index (Phi) is 9.16. The Morgan fingerprint density at radius 2 is 1.64 bits per heavy atom. The molecule has 0 radical (unpaired) electrons. The second kappa shape index (κ2) is 12.1. The van der Waals surface area contributed by atoms with E-state index in [1.54, 1.807) is 11.0 Å². The Labute approximate surface area is 219 Å². The molecule has 0 spiro atoms. The summed E-state index contributed by atoms with van der Waals surface area (Å²) in [7, 11) is 0. The topological polar surface area (TPSA) is 58.6 Å². The van der Waals surface area contributed by atoms with E-state index in [1.165, 1.54) is 0 Å². The molecule has 6 heteroatoms. The first-order valence-electron chi connectivity index (χ1n) is 12.1. The molecule has 3 rings (SSSR count). The van der Waals surface area contributed by atoms with E-state index in [2.05, 4.69) is 5.32 Å². The van der Waals surface area contributed by atoms with Crippen molar-refractivity contribution >= 4 is 23.4 Å². The summed E-state index contributed by atoms with van der Waals surface area (Å²) in [4.78, 5) is 28.9. The number of carbonyl (C=O) groups excluding carboxylic acids is 2. The molecule has 0 saturated carbocycles. The SMILES string of the molecule is Cc1ccc(C)c(OCC(=O)N(Cc2ccccc2Cl)[C@@H](Cc2ccccc2)C(=O)NC(C)(C)C)c1. The van der Waals surface area contributed by atoms with Gasteiger partial charge >= 0.3 is 0 Å². The van der Waals surface area contributed by atoms with Crippen LogP contribution in [0.4, 0.5) is 0 Å². The number of hydrogen-bond acceptors (Lipinski definition) is 3. The van der Waals surface area contributed by atoms with E-state index in [-0.39, 0.29) is 25.0 Å². The van der Waals surface area contributed by atoms with E-state index in [0.29, 0.717) is 17.2 Å². The number of benzene rings is 3. The summed E-state index contributed by atoms with van der Waals surface area (Å²) in [6.07, 6.45) is 0.364. The van der Waals surface area contributed by atoms with Gasteiger partial charge in [-0.05, 0) is 69.0 Å². The van der Waals surface area contributed by atoms with Gasteiger partial charge in [0.25, 0.3) is 5.91 Å². The van der Waals surface area contributed by atoms with E-state index < -0.39 is 11.6 Å². The molecule has 1 N–H and O–H groups in total. The van der Waals surface area contributed by atoms with Crippen LogP contribution in [-0.4, -0.2) is 34.9 Å². The van der Waals surface area contributed by atoms with Crippen molar-refractivity contribution in [2.45, 2.75) is 59.2 Å². The summed E-state index contributed by atoms with van der Waals surface area (Å²) >= 11 is 6.47. The highest BCUT2D eigenvalue weighted by molar-refractivity contribution is 6.31. The van der Waals surface area contributed by atoms with Crippen molar-refractivity contribution in [3.63, 3.8) is 0 Å². The maximum Gasteiger partial charge on any atom is 0.261 e. The number of nitrogens with zero attached hydrogens (tertiary/aromatic N) is 1. The molecule has 5 nitrogen and oxygen atoms in total. The average molecular weight is 507 g/mol. The number of ether oxygens (including phenoxy) is 1. The number of rotatable bonds is 9. The van der Waals surface area contributed by atoms with Crippen LogP contribution in [0.15, 0.2) is 72.8 Å². The van der Waals surface area contributed by atoms with Gasteiger partial charge in [0.1, 0.15) is 11.8 Å². The first kappa shape index (κ1) is 27.3. The molecular weight excluding hydrogens is 472 g/mol. The van der Waals surface area contributed by atoms with Gasteiger partial charge in [0.05, 0.1) is 0 Å². The highest BCUT2D eigenvalue weighted by atomic mass is 35.5. The molecule has 2 amide bonds. The Morgan fingerprint density at radius 1 is 0.972 bits per heavy atom. The molecular formula is C30H35ClN2O3. The van der Waals surface area contributed by atoms with Crippen LogP contribution in [0.3, 0.4) is 0 Å². The third kappa shape index (κ3) is 7.85. The summed E-state index contributed by atoms with van der Waals surface area (Å²) in [6, 6.07) is 22.2. The largest absolute Gasteiger partial charge is 0.483 e. The first-order valence-corrected chi connectivity index (χ1v) is 12.5. The lowest BCUT2D eigenvalue weighted by molar-refractivity contribution is -0.143. The second-order valence-electron chi connectivity index (χ2n) is 10.1. The molecule has 0 fully saturated rings. The van der Waals surface area contributed by atoms with Gasteiger partial charge < -0.3 is 15.0 Å². The lowest BCUT2D eigenvalue weighted by Crippen LogP contribution is -2.55. The van der Waals surface area contributed by atoms with Crippen LogP contribution >= 0.6 is 11.6 Å². The number of hydrogen-bond donors (Lipinski definition) is 1. The van der Waals surface area contributed by atoms with Crippen LogP contribution in [0.2, 0.25) is 5.02 Å². The minimum atomic E-state index is -0.752. The van der Waals surface area contributed by atoms with Crippen molar-refractivity contribution < 1.29 is 14.3 Å². The van der Waals surface area contributed by atoms with E-state index in [4.69, 9.17) is 16.3 Å². The maximum atomic E-state index is 13.7. The van der Waals surface area contributed by atoms with Crippen molar-refractivity contribution in [3.05, 3.63) is 100 Å². The van der Waals surface area contributed by atoms with Gasteiger partial charge in [-0.3, -0.25) is 9.59 Å². The molecule has 0 heterocycles. The van der Waals surface area contributed by atoms with E-state index in [9.17, 15) is 9.59 Å². The molecule has 1 atom stereocenters. The monoisotopic (exact) mass is 506 g/mol. The van der Waals surface area contributed by atoms with Crippen LogP contribution < -0.4 is 10.1 Å². The van der Waals surface area contributed by atoms with Crippen LogP contribution in [0.1, 0.15) is 43.0 Å². The summed E-state index contributed by atoms with van der Waals surface area (Å²) in [5.74, 6) is 0.138. The minimum absolute atomic E-state index is 0.184. The highest BCUT2D eigenvalue weighted by Gasteiger charge is 2.32. The first-order chi connectivity index (χ1) is 17.0. The zero-order chi connectivity index (χ0) is 26.3. The van der Waals surface area contributed by atoms with E-state index in [0.717, 1.165) is 22.3 Å². The summed E-state index contributed by atoms with van der Waals surface area (Å²) in [6.45, 7) is 9.68. The lowest BCUT2D eigenvalue weighted by Gasteiger charge is -2.34. The molecule has 0 aliphatic rings. The Morgan fingerprint density at radius 3 is 2.31 bits per heavy atom. The zero-order valence-corrected chi connectivity index (χ0v) is 22.4. The Balaban J connectivity index is 1.96. The summed E-state index contributed by atoms with van der Waals surface area (Å²) in [5.41, 5.74) is 3.25. The third-order valence-corrected chi connectivity index (χ3v) is 6.13. The van der Waals surface area contributed by atoms with Crippen molar-refractivity contribution in [1.82, 2.24) is 10.2 Å². The molecule has 3 aromatic rings.